The third-order valence-corrected chi connectivity index (χ3v) is 4.54. The Labute approximate surface area is 161 Å². The molecule has 0 heterocycles. The number of phenolic OH excluding ortho intramolecular Hbond substituents is 1. The number of carbonyl (C=O) groups excluding carboxylic acids is 1. The largest absolute Gasteiger partial charge is 0.507 e. The summed E-state index contributed by atoms with van der Waals surface area (Å²) in [6.45, 7) is 7.42. The third kappa shape index (κ3) is 7.39. The zero-order valence-corrected chi connectivity index (χ0v) is 16.6. The van der Waals surface area contributed by atoms with Gasteiger partial charge < -0.3 is 15.3 Å². The molecule has 1 unspecified atom stereocenters. The first-order valence-electron chi connectivity index (χ1n) is 9.16. The molecule has 0 aromatic heterocycles. The quantitative estimate of drug-likeness (QED) is 0.537. The summed E-state index contributed by atoms with van der Waals surface area (Å²) in [6.07, 6.45) is 5.34. The molecule has 3 N–H and O–H groups in total. The second kappa shape index (κ2) is 10.7. The zero-order valence-electron chi connectivity index (χ0n) is 16.6. The van der Waals surface area contributed by atoms with Crippen molar-refractivity contribution in [2.45, 2.75) is 53.4 Å². The zero-order chi connectivity index (χ0) is 20.6. The van der Waals surface area contributed by atoms with Crippen LogP contribution in [0.1, 0.15) is 62.0 Å². The summed E-state index contributed by atoms with van der Waals surface area (Å²) in [5, 5.41) is 29.0. The third-order valence-electron chi connectivity index (χ3n) is 4.54. The van der Waals surface area contributed by atoms with E-state index in [0.29, 0.717) is 36.8 Å². The monoisotopic (exact) mass is 374 g/mol. The predicted octanol–water partition coefficient (Wildman–Crippen LogP) is 4.07. The molecular weight excluding hydrogens is 344 g/mol. The first-order valence-corrected chi connectivity index (χ1v) is 9.16. The van der Waals surface area contributed by atoms with Gasteiger partial charge in [-0.1, -0.05) is 30.2 Å². The number of benzene rings is 1. The smallest absolute Gasteiger partial charge is 0.335 e. The van der Waals surface area contributed by atoms with E-state index in [1.807, 2.05) is 26.8 Å². The van der Waals surface area contributed by atoms with Crippen LogP contribution >= 0.6 is 0 Å². The number of aryl methyl sites for hydroxylation is 1. The van der Waals surface area contributed by atoms with Gasteiger partial charge in [0.15, 0.2) is 0 Å². The standard InChI is InChI=1S/C22H30O5/c1-14(2)5-10-20(24)16(4)7-9-18-12-19(22(26)27)11-17(21(18)25)8-6-15(3)13-23/h5-6,11-12,16,23,25H,7-10,13H2,1-4H3,(H,26,27). The van der Waals surface area contributed by atoms with Crippen molar-refractivity contribution in [1.29, 1.82) is 0 Å². The number of aliphatic hydroxyl groups is 1. The first-order chi connectivity index (χ1) is 12.6. The number of phenols is 1. The Hall–Kier alpha value is -2.40. The van der Waals surface area contributed by atoms with Gasteiger partial charge in [0.25, 0.3) is 0 Å². The Kier molecular flexibility index (Phi) is 8.95. The van der Waals surface area contributed by atoms with E-state index in [9.17, 15) is 19.8 Å². The maximum absolute atomic E-state index is 12.2. The molecule has 0 aliphatic carbocycles. The summed E-state index contributed by atoms with van der Waals surface area (Å²) >= 11 is 0. The van der Waals surface area contributed by atoms with Gasteiger partial charge in [0, 0.05) is 12.3 Å². The van der Waals surface area contributed by atoms with E-state index in [0.717, 1.165) is 11.1 Å². The molecule has 0 bridgehead atoms. The van der Waals surface area contributed by atoms with Crippen LogP contribution in [0.2, 0.25) is 0 Å². The van der Waals surface area contributed by atoms with Gasteiger partial charge in [0.1, 0.15) is 11.5 Å². The molecule has 148 valence electrons. The van der Waals surface area contributed by atoms with Gasteiger partial charge in [-0.3, -0.25) is 4.79 Å². The van der Waals surface area contributed by atoms with Crippen LogP contribution in [-0.2, 0) is 17.6 Å². The minimum atomic E-state index is -1.06. The number of carbonyl (C=O) groups is 2. The second-order valence-corrected chi connectivity index (χ2v) is 7.25. The number of carboxylic acids is 1. The number of hydrogen-bond acceptors (Lipinski definition) is 4. The molecule has 1 aromatic rings. The van der Waals surface area contributed by atoms with Crippen LogP contribution in [0.25, 0.3) is 0 Å². The van der Waals surface area contributed by atoms with Crippen LogP contribution < -0.4 is 0 Å². The van der Waals surface area contributed by atoms with Crippen LogP contribution in [0.4, 0.5) is 0 Å². The summed E-state index contributed by atoms with van der Waals surface area (Å²) in [7, 11) is 0. The van der Waals surface area contributed by atoms with Crippen molar-refractivity contribution in [2.24, 2.45) is 5.92 Å². The lowest BCUT2D eigenvalue weighted by atomic mass is 9.92. The minimum Gasteiger partial charge on any atom is -0.507 e. The Balaban J connectivity index is 2.98. The highest BCUT2D eigenvalue weighted by molar-refractivity contribution is 5.88. The number of aromatic carboxylic acids is 1. The Bertz CT molecular complexity index is 739. The van der Waals surface area contributed by atoms with E-state index >= 15 is 0 Å². The van der Waals surface area contributed by atoms with Gasteiger partial charge in [0.05, 0.1) is 12.2 Å². The van der Waals surface area contributed by atoms with Gasteiger partial charge >= 0.3 is 5.97 Å². The van der Waals surface area contributed by atoms with Crippen molar-refractivity contribution in [3.63, 3.8) is 0 Å². The molecule has 0 radical (unpaired) electrons. The molecule has 0 fully saturated rings. The number of ketones is 1. The minimum absolute atomic E-state index is 0.0611. The summed E-state index contributed by atoms with van der Waals surface area (Å²) in [4.78, 5) is 23.6. The van der Waals surface area contributed by atoms with Crippen LogP contribution in [0.5, 0.6) is 5.75 Å². The maximum Gasteiger partial charge on any atom is 0.335 e. The van der Waals surface area contributed by atoms with E-state index in [1.165, 1.54) is 12.1 Å². The Morgan fingerprint density at radius 3 is 2.30 bits per heavy atom. The lowest BCUT2D eigenvalue weighted by Crippen LogP contribution is -2.11. The molecule has 1 aromatic carbocycles. The van der Waals surface area contributed by atoms with Gasteiger partial charge in [-0.15, -0.1) is 0 Å². The van der Waals surface area contributed by atoms with Crippen molar-refractivity contribution < 1.29 is 24.9 Å². The Morgan fingerprint density at radius 1 is 1.11 bits per heavy atom. The van der Waals surface area contributed by atoms with E-state index in [2.05, 4.69) is 0 Å². The number of rotatable bonds is 10. The highest BCUT2D eigenvalue weighted by Gasteiger charge is 2.16. The maximum atomic E-state index is 12.2. The number of carboxylic acid groups (broad SMARTS) is 1. The number of hydrogen-bond donors (Lipinski definition) is 3. The highest BCUT2D eigenvalue weighted by Crippen LogP contribution is 2.28. The normalized spacial score (nSPS) is 12.6. The molecule has 0 saturated carbocycles. The van der Waals surface area contributed by atoms with Gasteiger partial charge in [-0.25, -0.2) is 4.79 Å². The van der Waals surface area contributed by atoms with Gasteiger partial charge in [-0.05, 0) is 63.3 Å². The highest BCUT2D eigenvalue weighted by atomic mass is 16.4. The predicted molar refractivity (Wildman–Crippen MR) is 106 cm³/mol. The number of Topliss-reactive ketones (excluding diaryl/α,β-unsaturated/α-hetero) is 1. The lowest BCUT2D eigenvalue weighted by Gasteiger charge is -2.13. The summed E-state index contributed by atoms with van der Waals surface area (Å²) in [5.41, 5.74) is 2.98. The SMILES string of the molecule is CC(C)=CCC(=O)C(C)CCc1cc(C(=O)O)cc(CC=C(C)CO)c1O. The molecule has 5 heteroatoms. The molecule has 27 heavy (non-hydrogen) atoms. The topological polar surface area (TPSA) is 94.8 Å². The number of allylic oxidation sites excluding steroid dienone is 3. The molecule has 1 rings (SSSR count). The molecular formula is C22H30O5. The van der Waals surface area contributed by atoms with E-state index in [4.69, 9.17) is 5.11 Å². The average molecular weight is 374 g/mol. The van der Waals surface area contributed by atoms with Crippen LogP contribution in [0, 0.1) is 5.92 Å². The summed E-state index contributed by atoms with van der Waals surface area (Å²) in [6, 6.07) is 2.92. The van der Waals surface area contributed by atoms with Crippen molar-refractivity contribution in [2.75, 3.05) is 6.61 Å². The number of aliphatic hydroxyl groups excluding tert-OH is 1. The molecule has 0 spiro atoms. The fourth-order valence-corrected chi connectivity index (χ4v) is 2.62. The summed E-state index contributed by atoms with van der Waals surface area (Å²) < 4.78 is 0. The molecule has 0 aliphatic rings. The molecule has 0 saturated heterocycles. The van der Waals surface area contributed by atoms with E-state index in [1.54, 1.807) is 13.0 Å². The van der Waals surface area contributed by atoms with Crippen LogP contribution in [-0.4, -0.2) is 33.7 Å². The molecule has 5 nitrogen and oxygen atoms in total. The van der Waals surface area contributed by atoms with Crippen LogP contribution in [0.3, 0.4) is 0 Å². The fraction of sp³-hybridized carbons (Fsp3) is 0.455. The van der Waals surface area contributed by atoms with Crippen LogP contribution in [0.15, 0.2) is 35.4 Å². The molecule has 0 amide bonds. The van der Waals surface area contributed by atoms with Crippen molar-refractivity contribution >= 4 is 11.8 Å². The van der Waals surface area contributed by atoms with E-state index < -0.39 is 5.97 Å². The first kappa shape index (κ1) is 22.6. The van der Waals surface area contributed by atoms with E-state index in [-0.39, 0.29) is 29.6 Å². The molecule has 0 aliphatic heterocycles. The lowest BCUT2D eigenvalue weighted by molar-refractivity contribution is -0.121. The van der Waals surface area contributed by atoms with Crippen molar-refractivity contribution in [1.82, 2.24) is 0 Å². The second-order valence-electron chi connectivity index (χ2n) is 7.25. The van der Waals surface area contributed by atoms with Crippen molar-refractivity contribution in [3.05, 3.63) is 52.1 Å². The Morgan fingerprint density at radius 2 is 1.74 bits per heavy atom. The number of aromatic hydroxyl groups is 1. The van der Waals surface area contributed by atoms with Gasteiger partial charge in [0.2, 0.25) is 0 Å². The average Bonchev–Trinajstić information content (AvgIpc) is 2.63. The fourth-order valence-electron chi connectivity index (χ4n) is 2.62. The van der Waals surface area contributed by atoms with Gasteiger partial charge in [-0.2, -0.15) is 0 Å². The molecule has 1 atom stereocenters. The summed E-state index contributed by atoms with van der Waals surface area (Å²) in [5.74, 6) is -1.04. The van der Waals surface area contributed by atoms with Crippen molar-refractivity contribution in [3.8, 4) is 5.75 Å².